The highest BCUT2D eigenvalue weighted by atomic mass is 32.1. The minimum absolute atomic E-state index is 0.159. The van der Waals surface area contributed by atoms with Crippen molar-refractivity contribution in [2.75, 3.05) is 5.32 Å². The number of hydrogen-bond acceptors (Lipinski definition) is 4. The maximum atomic E-state index is 14.3. The largest absolute Gasteiger partial charge is 0.310 e. The van der Waals surface area contributed by atoms with Gasteiger partial charge in [-0.3, -0.25) is 4.79 Å². The molecule has 0 saturated heterocycles. The third kappa shape index (κ3) is 2.32. The van der Waals surface area contributed by atoms with Gasteiger partial charge in [0.05, 0.1) is 16.4 Å². The molecule has 26 heavy (non-hydrogen) atoms. The summed E-state index contributed by atoms with van der Waals surface area (Å²) in [6.07, 6.45) is 1.89. The first-order chi connectivity index (χ1) is 12.7. The Morgan fingerprint density at radius 3 is 2.77 bits per heavy atom. The molecule has 0 saturated carbocycles. The molecule has 128 valence electrons. The molecule has 0 bridgehead atoms. The highest BCUT2D eigenvalue weighted by Crippen LogP contribution is 2.39. The molecular weight excluding hydrogens is 351 g/mol. The summed E-state index contributed by atoms with van der Waals surface area (Å²) in [6, 6.07) is 14.4. The summed E-state index contributed by atoms with van der Waals surface area (Å²) in [5.41, 5.74) is 2.19. The first-order valence-corrected chi connectivity index (χ1v) is 9.00. The Balaban J connectivity index is 1.66. The number of amides is 1. The zero-order valence-corrected chi connectivity index (χ0v) is 14.3. The van der Waals surface area contributed by atoms with Crippen molar-refractivity contribution in [3.63, 3.8) is 0 Å². The molecule has 1 aliphatic heterocycles. The molecule has 3 heterocycles. The molecule has 1 aliphatic rings. The number of carbonyl (C=O) groups is 1. The topological polar surface area (TPSA) is 59.8 Å². The highest BCUT2D eigenvalue weighted by molar-refractivity contribution is 7.20. The quantitative estimate of drug-likeness (QED) is 0.583. The Labute approximate surface area is 152 Å². The van der Waals surface area contributed by atoms with E-state index in [4.69, 9.17) is 0 Å². The molecule has 1 N–H and O–H groups in total. The number of benzene rings is 2. The van der Waals surface area contributed by atoms with Crippen LogP contribution >= 0.6 is 11.3 Å². The fraction of sp³-hybridized carbons (Fsp3) is 0.105. The number of carbonyl (C=O) groups excluding carboxylic acids is 1. The number of rotatable bonds is 2. The minimum atomic E-state index is -0.358. The normalized spacial score (nSPS) is 16.5. The van der Waals surface area contributed by atoms with Gasteiger partial charge in [0.25, 0.3) is 0 Å². The van der Waals surface area contributed by atoms with Crippen LogP contribution in [0.4, 0.5) is 10.2 Å². The summed E-state index contributed by atoms with van der Waals surface area (Å²) >= 11 is 1.49. The van der Waals surface area contributed by atoms with E-state index in [1.807, 2.05) is 24.3 Å². The standard InChI is InChI=1S/C19H13FN4OS/c20-14-6-2-1-5-11(14)12-9-17(25)23-18-13(12)10-21-24(18)19-22-15-7-3-4-8-16(15)26-19/h1-8,10,12H,9H2,(H,23,25). The maximum absolute atomic E-state index is 14.3. The lowest BCUT2D eigenvalue weighted by Gasteiger charge is -2.23. The van der Waals surface area contributed by atoms with E-state index < -0.39 is 0 Å². The molecule has 0 radical (unpaired) electrons. The van der Waals surface area contributed by atoms with Gasteiger partial charge in [-0.25, -0.2) is 9.37 Å². The molecule has 0 aliphatic carbocycles. The van der Waals surface area contributed by atoms with Crippen molar-refractivity contribution in [3.8, 4) is 5.13 Å². The van der Waals surface area contributed by atoms with Gasteiger partial charge in [0.2, 0.25) is 11.0 Å². The fourth-order valence-corrected chi connectivity index (χ4v) is 4.28. The van der Waals surface area contributed by atoms with Crippen LogP contribution in [0.1, 0.15) is 23.5 Å². The van der Waals surface area contributed by atoms with E-state index in [1.54, 1.807) is 29.1 Å². The Morgan fingerprint density at radius 1 is 1.12 bits per heavy atom. The van der Waals surface area contributed by atoms with Crippen LogP contribution in [-0.2, 0) is 4.79 Å². The van der Waals surface area contributed by atoms with E-state index in [0.29, 0.717) is 16.5 Å². The predicted molar refractivity (Wildman–Crippen MR) is 98.2 cm³/mol. The van der Waals surface area contributed by atoms with Gasteiger partial charge in [-0.2, -0.15) is 9.78 Å². The van der Waals surface area contributed by atoms with Gasteiger partial charge in [-0.15, -0.1) is 0 Å². The molecule has 0 fully saturated rings. The number of thiazole rings is 1. The zero-order valence-electron chi connectivity index (χ0n) is 13.5. The second kappa shape index (κ2) is 5.74. The number of para-hydroxylation sites is 1. The van der Waals surface area contributed by atoms with E-state index in [9.17, 15) is 9.18 Å². The number of nitrogens with zero attached hydrogens (tertiary/aromatic N) is 3. The summed E-state index contributed by atoms with van der Waals surface area (Å²) < 4.78 is 17.0. The summed E-state index contributed by atoms with van der Waals surface area (Å²) in [4.78, 5) is 16.9. The maximum Gasteiger partial charge on any atom is 0.226 e. The Hall–Kier alpha value is -3.06. The summed E-state index contributed by atoms with van der Waals surface area (Å²) in [5, 5.41) is 7.98. The SMILES string of the molecule is O=C1CC(c2ccccc2F)c2cnn(-c3nc4ccccc4s3)c2N1. The lowest BCUT2D eigenvalue weighted by Crippen LogP contribution is -2.25. The van der Waals surface area contributed by atoms with E-state index in [2.05, 4.69) is 15.4 Å². The molecular formula is C19H13FN4OS. The van der Waals surface area contributed by atoms with E-state index in [0.717, 1.165) is 15.8 Å². The molecule has 0 spiro atoms. The number of anilines is 1. The number of aromatic nitrogens is 3. The smallest absolute Gasteiger partial charge is 0.226 e. The fourth-order valence-electron chi connectivity index (χ4n) is 3.35. The van der Waals surface area contributed by atoms with Crippen LogP contribution in [0, 0.1) is 5.82 Å². The van der Waals surface area contributed by atoms with Crippen LogP contribution in [0.3, 0.4) is 0 Å². The Morgan fingerprint density at radius 2 is 1.92 bits per heavy atom. The van der Waals surface area contributed by atoms with Gasteiger partial charge in [-0.05, 0) is 23.8 Å². The molecule has 2 aromatic carbocycles. The Bertz CT molecular complexity index is 1120. The molecule has 1 unspecified atom stereocenters. The van der Waals surface area contributed by atoms with E-state index in [1.165, 1.54) is 17.4 Å². The van der Waals surface area contributed by atoms with Gasteiger partial charge < -0.3 is 5.32 Å². The average Bonchev–Trinajstić information content (AvgIpc) is 3.25. The molecule has 4 aromatic rings. The van der Waals surface area contributed by atoms with Crippen molar-refractivity contribution in [3.05, 3.63) is 71.7 Å². The second-order valence-corrected chi connectivity index (χ2v) is 7.16. The number of fused-ring (bicyclic) bond motifs is 2. The van der Waals surface area contributed by atoms with Gasteiger partial charge >= 0.3 is 0 Å². The Kier molecular flexibility index (Phi) is 3.36. The predicted octanol–water partition coefficient (Wildman–Crippen LogP) is 4.10. The first-order valence-electron chi connectivity index (χ1n) is 8.19. The van der Waals surface area contributed by atoms with Crippen molar-refractivity contribution in [2.24, 2.45) is 0 Å². The molecule has 2 aromatic heterocycles. The molecule has 5 nitrogen and oxygen atoms in total. The zero-order chi connectivity index (χ0) is 17.7. The molecule has 1 atom stereocenters. The molecule has 1 amide bonds. The van der Waals surface area contributed by atoms with Crippen molar-refractivity contribution in [1.82, 2.24) is 14.8 Å². The van der Waals surface area contributed by atoms with Gasteiger partial charge in [0.15, 0.2) is 0 Å². The summed E-state index contributed by atoms with van der Waals surface area (Å²) in [6.45, 7) is 0. The molecule has 5 rings (SSSR count). The van der Waals surface area contributed by atoms with Crippen molar-refractivity contribution < 1.29 is 9.18 Å². The minimum Gasteiger partial charge on any atom is -0.310 e. The van der Waals surface area contributed by atoms with Crippen LogP contribution in [0.5, 0.6) is 0 Å². The van der Waals surface area contributed by atoms with Crippen molar-refractivity contribution >= 4 is 33.3 Å². The van der Waals surface area contributed by atoms with Gasteiger partial charge in [-0.1, -0.05) is 41.7 Å². The van der Waals surface area contributed by atoms with Crippen LogP contribution in [-0.4, -0.2) is 20.7 Å². The van der Waals surface area contributed by atoms with Crippen molar-refractivity contribution in [1.29, 1.82) is 0 Å². The van der Waals surface area contributed by atoms with Crippen LogP contribution < -0.4 is 5.32 Å². The monoisotopic (exact) mass is 364 g/mol. The van der Waals surface area contributed by atoms with Crippen LogP contribution in [0.2, 0.25) is 0 Å². The number of halogens is 1. The second-order valence-electron chi connectivity index (χ2n) is 6.15. The van der Waals surface area contributed by atoms with E-state index >= 15 is 0 Å². The third-order valence-electron chi connectivity index (χ3n) is 4.56. The number of nitrogens with one attached hydrogen (secondary N) is 1. The van der Waals surface area contributed by atoms with Crippen LogP contribution in [0.25, 0.3) is 15.3 Å². The van der Waals surface area contributed by atoms with E-state index in [-0.39, 0.29) is 24.1 Å². The van der Waals surface area contributed by atoms with Crippen LogP contribution in [0.15, 0.2) is 54.7 Å². The first kappa shape index (κ1) is 15.2. The summed E-state index contributed by atoms with van der Waals surface area (Å²) in [7, 11) is 0. The van der Waals surface area contributed by atoms with Gasteiger partial charge in [0.1, 0.15) is 11.6 Å². The average molecular weight is 364 g/mol. The number of hydrogen-bond donors (Lipinski definition) is 1. The lowest BCUT2D eigenvalue weighted by molar-refractivity contribution is -0.116. The highest BCUT2D eigenvalue weighted by Gasteiger charge is 2.32. The third-order valence-corrected chi connectivity index (χ3v) is 5.58. The molecule has 7 heteroatoms. The summed E-state index contributed by atoms with van der Waals surface area (Å²) in [5.74, 6) is -0.267. The lowest BCUT2D eigenvalue weighted by atomic mass is 9.87. The van der Waals surface area contributed by atoms with Gasteiger partial charge in [0, 0.05) is 17.9 Å². The van der Waals surface area contributed by atoms with Crippen molar-refractivity contribution in [2.45, 2.75) is 12.3 Å².